The van der Waals surface area contributed by atoms with Crippen LogP contribution < -0.4 is 4.90 Å². The molecule has 0 heterocycles. The van der Waals surface area contributed by atoms with Gasteiger partial charge in [0.1, 0.15) is 0 Å². The van der Waals surface area contributed by atoms with Gasteiger partial charge in [-0.3, -0.25) is 0 Å². The average molecular weight is 745 g/mol. The van der Waals surface area contributed by atoms with Crippen molar-refractivity contribution in [3.63, 3.8) is 0 Å². The summed E-state index contributed by atoms with van der Waals surface area (Å²) in [5.41, 5.74) is 20.2. The van der Waals surface area contributed by atoms with Crippen LogP contribution in [0.4, 0.5) is 17.1 Å². The van der Waals surface area contributed by atoms with Crippen molar-refractivity contribution in [1.82, 2.24) is 0 Å². The van der Waals surface area contributed by atoms with E-state index >= 15 is 0 Å². The molecule has 6 aliphatic rings. The van der Waals surface area contributed by atoms with E-state index in [4.69, 9.17) is 0 Å². The SMILES string of the molecule is CC1(C)c2ccccc2-c2ccc(N(c3ccc(-c4ccccc4)cc3)c3ccc(-c4ccc5c(c4)-c4ccccc4C54C5CC6CC7CC4C75C6)c(C#N)c3)cc21. The van der Waals surface area contributed by atoms with E-state index in [9.17, 15) is 5.26 Å². The summed E-state index contributed by atoms with van der Waals surface area (Å²) in [5, 5.41) is 10.9. The highest BCUT2D eigenvalue weighted by Gasteiger charge is 2.84. The van der Waals surface area contributed by atoms with Crippen LogP contribution in [0.1, 0.15) is 67.3 Å². The van der Waals surface area contributed by atoms with Crippen molar-refractivity contribution in [2.24, 2.45) is 29.1 Å². The molecular weight excluding hydrogens is 701 g/mol. The third-order valence-electron chi connectivity index (χ3n) is 16.4. The van der Waals surface area contributed by atoms with Gasteiger partial charge in [0.15, 0.2) is 0 Å². The zero-order chi connectivity index (χ0) is 38.5. The summed E-state index contributed by atoms with van der Waals surface area (Å²) in [6.45, 7) is 4.67. The van der Waals surface area contributed by atoms with Crippen LogP contribution in [0.15, 0.2) is 158 Å². The van der Waals surface area contributed by atoms with Crippen molar-refractivity contribution in [1.29, 1.82) is 5.26 Å². The molecule has 2 spiro atoms. The van der Waals surface area contributed by atoms with Crippen molar-refractivity contribution in [3.05, 3.63) is 186 Å². The van der Waals surface area contributed by atoms with Crippen LogP contribution in [0, 0.1) is 40.4 Å². The first-order valence-corrected chi connectivity index (χ1v) is 21.4. The molecule has 13 rings (SSSR count). The maximum atomic E-state index is 10.9. The van der Waals surface area contributed by atoms with E-state index in [-0.39, 0.29) is 10.8 Å². The number of hydrogen-bond donors (Lipinski definition) is 0. The molecule has 4 fully saturated rings. The molecule has 4 saturated carbocycles. The number of rotatable bonds is 5. The predicted octanol–water partition coefficient (Wildman–Crippen LogP) is 14.0. The quantitative estimate of drug-likeness (QED) is 0.175. The monoisotopic (exact) mass is 744 g/mol. The van der Waals surface area contributed by atoms with Gasteiger partial charge in [-0.25, -0.2) is 0 Å². The Labute approximate surface area is 341 Å². The maximum Gasteiger partial charge on any atom is 0.0998 e. The van der Waals surface area contributed by atoms with Crippen molar-refractivity contribution in [2.75, 3.05) is 4.90 Å². The minimum atomic E-state index is -0.130. The summed E-state index contributed by atoms with van der Waals surface area (Å²) in [6.07, 6.45) is 5.78. The van der Waals surface area contributed by atoms with E-state index in [1.54, 1.807) is 11.1 Å². The van der Waals surface area contributed by atoms with Crippen LogP contribution in [0.2, 0.25) is 0 Å². The fourth-order valence-electron chi connectivity index (χ4n) is 14.2. The number of benzene rings is 7. The number of nitrogens with zero attached hydrogens (tertiary/aromatic N) is 2. The Morgan fingerprint density at radius 1 is 0.500 bits per heavy atom. The molecule has 7 aromatic carbocycles. The van der Waals surface area contributed by atoms with Crippen LogP contribution in [-0.2, 0) is 10.8 Å². The Morgan fingerprint density at radius 2 is 1.10 bits per heavy atom. The second-order valence-electron chi connectivity index (χ2n) is 18.9. The Hall–Kier alpha value is -6.17. The van der Waals surface area contributed by atoms with Crippen molar-refractivity contribution < 1.29 is 0 Å². The molecule has 6 aliphatic carbocycles. The highest BCUT2D eigenvalue weighted by atomic mass is 15.1. The van der Waals surface area contributed by atoms with E-state index < -0.39 is 0 Å². The molecule has 7 aromatic rings. The van der Waals surface area contributed by atoms with Gasteiger partial charge < -0.3 is 4.90 Å². The fourth-order valence-corrected chi connectivity index (χ4v) is 14.2. The van der Waals surface area contributed by atoms with Gasteiger partial charge in [0.25, 0.3) is 0 Å². The second kappa shape index (κ2) is 11.3. The highest BCUT2D eigenvalue weighted by molar-refractivity contribution is 5.90. The summed E-state index contributed by atoms with van der Waals surface area (Å²) in [6, 6.07) is 60.9. The van der Waals surface area contributed by atoms with Crippen LogP contribution in [0.5, 0.6) is 0 Å². The van der Waals surface area contributed by atoms with Crippen LogP contribution in [-0.4, -0.2) is 0 Å². The van der Waals surface area contributed by atoms with Crippen molar-refractivity contribution >= 4 is 17.1 Å². The normalized spacial score (nSPS) is 26.4. The van der Waals surface area contributed by atoms with E-state index in [1.165, 1.54) is 70.2 Å². The summed E-state index contributed by atoms with van der Waals surface area (Å²) in [5.74, 6) is 3.49. The lowest BCUT2D eigenvalue weighted by Crippen LogP contribution is -2.73. The number of nitriles is 1. The van der Waals surface area contributed by atoms with Gasteiger partial charge in [-0.15, -0.1) is 0 Å². The molecule has 0 amide bonds. The summed E-state index contributed by atoms with van der Waals surface area (Å²) < 4.78 is 0. The summed E-state index contributed by atoms with van der Waals surface area (Å²) in [4.78, 5) is 2.33. The molecule has 2 heteroatoms. The Kier molecular flexibility index (Phi) is 6.39. The lowest BCUT2D eigenvalue weighted by atomic mass is 9.27. The first-order chi connectivity index (χ1) is 28.4. The molecule has 6 unspecified atom stereocenters. The summed E-state index contributed by atoms with van der Waals surface area (Å²) >= 11 is 0. The van der Waals surface area contributed by atoms with E-state index in [1.807, 2.05) is 0 Å². The smallest absolute Gasteiger partial charge is 0.0998 e. The molecule has 0 aliphatic heterocycles. The zero-order valence-electron chi connectivity index (χ0n) is 33.0. The van der Waals surface area contributed by atoms with Gasteiger partial charge >= 0.3 is 0 Å². The predicted molar refractivity (Wildman–Crippen MR) is 235 cm³/mol. The highest BCUT2D eigenvalue weighted by Crippen LogP contribution is 2.89. The molecule has 0 aromatic heterocycles. The van der Waals surface area contributed by atoms with Gasteiger partial charge in [-0.1, -0.05) is 129 Å². The average Bonchev–Trinajstić information content (AvgIpc) is 3.96. The molecule has 58 heavy (non-hydrogen) atoms. The van der Waals surface area contributed by atoms with Crippen molar-refractivity contribution in [3.8, 4) is 50.6 Å². The first kappa shape index (κ1) is 32.9. The fraction of sp³-hybridized carbons (Fsp3) is 0.232. The molecule has 0 radical (unpaired) electrons. The molecule has 0 N–H and O–H groups in total. The lowest BCUT2D eigenvalue weighted by Gasteiger charge is -2.76. The minimum Gasteiger partial charge on any atom is -0.310 e. The maximum absolute atomic E-state index is 10.9. The van der Waals surface area contributed by atoms with Crippen LogP contribution in [0.3, 0.4) is 0 Å². The van der Waals surface area contributed by atoms with Crippen molar-refractivity contribution in [2.45, 2.75) is 50.4 Å². The number of fused-ring (bicyclic) bond motifs is 11. The number of anilines is 3. The van der Waals surface area contributed by atoms with E-state index in [0.29, 0.717) is 11.0 Å². The molecule has 278 valence electrons. The molecule has 2 bridgehead atoms. The summed E-state index contributed by atoms with van der Waals surface area (Å²) in [7, 11) is 0. The second-order valence-corrected chi connectivity index (χ2v) is 18.9. The van der Waals surface area contributed by atoms with Gasteiger partial charge in [0.2, 0.25) is 0 Å². The molecule has 0 saturated heterocycles. The molecular formula is C56H44N2. The van der Waals surface area contributed by atoms with E-state index in [2.05, 4.69) is 183 Å². The van der Waals surface area contributed by atoms with E-state index in [0.717, 1.165) is 51.9 Å². The standard InChI is InChI=1S/C56H44N2/c1-54(2)48-14-8-6-12-44(48)46-24-22-42(31-51(46)54)58(40-19-16-36(17-20-40)35-10-4-3-5-11-35)41-21-23-43(38(28-41)33-57)37-18-25-50-47(29-37)45-13-7-9-15-49(45)56(50)52-27-34-26-39-30-53(56)55(39,52)32-34/h3-25,28-29,31,34,39,52-53H,26-27,30,32H2,1-2H3. The minimum absolute atomic E-state index is 0.130. The number of hydrogen-bond acceptors (Lipinski definition) is 2. The Morgan fingerprint density at radius 3 is 1.88 bits per heavy atom. The largest absolute Gasteiger partial charge is 0.310 e. The van der Waals surface area contributed by atoms with Gasteiger partial charge in [0.05, 0.1) is 11.6 Å². The zero-order valence-corrected chi connectivity index (χ0v) is 33.0. The van der Waals surface area contributed by atoms with Crippen LogP contribution >= 0.6 is 0 Å². The third-order valence-corrected chi connectivity index (χ3v) is 16.4. The third kappa shape index (κ3) is 3.93. The van der Waals surface area contributed by atoms with Gasteiger partial charge in [-0.2, -0.15) is 5.26 Å². The van der Waals surface area contributed by atoms with Crippen LogP contribution in [0.25, 0.3) is 44.5 Å². The van der Waals surface area contributed by atoms with Gasteiger partial charge in [0, 0.05) is 27.9 Å². The first-order valence-electron chi connectivity index (χ1n) is 21.4. The topological polar surface area (TPSA) is 27.0 Å². The Balaban J connectivity index is 0.925. The molecule has 2 nitrogen and oxygen atoms in total. The molecule has 6 atom stereocenters. The van der Waals surface area contributed by atoms with Gasteiger partial charge in [-0.05, 0) is 164 Å². The Bertz CT molecular complexity index is 2930. The lowest BCUT2D eigenvalue weighted by molar-refractivity contribution is -0.231.